The van der Waals surface area contributed by atoms with E-state index in [0.717, 1.165) is 23.7 Å². The van der Waals surface area contributed by atoms with Gasteiger partial charge in [-0.3, -0.25) is 0 Å². The fraction of sp³-hybridized carbons (Fsp3) is 0.533. The van der Waals surface area contributed by atoms with Gasteiger partial charge < -0.3 is 10.2 Å². The van der Waals surface area contributed by atoms with Crippen LogP contribution in [0.4, 0.5) is 10.5 Å². The zero-order valence-corrected chi connectivity index (χ0v) is 12.7. The number of nitrogens with zero attached hydrogens (tertiary/aromatic N) is 1. The topological polar surface area (TPSA) is 32.3 Å². The average molecular weight is 278 g/mol. The van der Waals surface area contributed by atoms with E-state index in [1.54, 1.807) is 11.8 Å². The van der Waals surface area contributed by atoms with Crippen molar-refractivity contribution in [3.05, 3.63) is 24.3 Å². The van der Waals surface area contributed by atoms with Crippen LogP contribution in [0, 0.1) is 11.8 Å². The van der Waals surface area contributed by atoms with Gasteiger partial charge in [-0.1, -0.05) is 19.9 Å². The Hall–Kier alpha value is -1.16. The quantitative estimate of drug-likeness (QED) is 0.832. The number of likely N-dealkylation sites (tertiary alicyclic amines) is 1. The molecule has 2 unspecified atom stereocenters. The van der Waals surface area contributed by atoms with Crippen LogP contribution < -0.4 is 5.32 Å². The second kappa shape index (κ2) is 6.33. The fourth-order valence-electron chi connectivity index (χ4n) is 2.73. The number of carbonyl (C=O) groups excluding carboxylic acids is 1. The first-order chi connectivity index (χ1) is 9.08. The van der Waals surface area contributed by atoms with Gasteiger partial charge in [0.2, 0.25) is 0 Å². The summed E-state index contributed by atoms with van der Waals surface area (Å²) in [4.78, 5) is 15.4. The fourth-order valence-corrected chi connectivity index (χ4v) is 3.19. The number of anilines is 1. The van der Waals surface area contributed by atoms with Crippen LogP contribution in [0.25, 0.3) is 0 Å². The first kappa shape index (κ1) is 14.3. The van der Waals surface area contributed by atoms with Crippen molar-refractivity contribution >= 4 is 23.5 Å². The van der Waals surface area contributed by atoms with Gasteiger partial charge in [-0.25, -0.2) is 4.79 Å². The molecule has 1 saturated heterocycles. The second-order valence-corrected chi connectivity index (χ2v) is 6.39. The first-order valence-electron chi connectivity index (χ1n) is 6.78. The van der Waals surface area contributed by atoms with Crippen LogP contribution in [-0.4, -0.2) is 30.3 Å². The maximum atomic E-state index is 12.3. The van der Waals surface area contributed by atoms with E-state index in [1.807, 2.05) is 35.4 Å². The van der Waals surface area contributed by atoms with Gasteiger partial charge in [0.1, 0.15) is 0 Å². The minimum atomic E-state index is 0.0247. The third kappa shape index (κ3) is 3.90. The Kier molecular flexibility index (Phi) is 4.75. The monoisotopic (exact) mass is 278 g/mol. The van der Waals surface area contributed by atoms with Crippen molar-refractivity contribution in [3.8, 4) is 0 Å². The normalized spacial score (nSPS) is 23.2. The molecule has 1 heterocycles. The van der Waals surface area contributed by atoms with Crippen molar-refractivity contribution in [1.29, 1.82) is 0 Å². The van der Waals surface area contributed by atoms with E-state index < -0.39 is 0 Å². The van der Waals surface area contributed by atoms with Crippen LogP contribution >= 0.6 is 11.8 Å². The zero-order chi connectivity index (χ0) is 13.8. The average Bonchev–Trinajstić information content (AvgIpc) is 2.37. The summed E-state index contributed by atoms with van der Waals surface area (Å²) in [6.07, 6.45) is 3.25. The van der Waals surface area contributed by atoms with Gasteiger partial charge in [0.15, 0.2) is 0 Å². The lowest BCUT2D eigenvalue weighted by molar-refractivity contribution is 0.156. The van der Waals surface area contributed by atoms with Crippen molar-refractivity contribution < 1.29 is 4.79 Å². The van der Waals surface area contributed by atoms with Crippen LogP contribution in [0.15, 0.2) is 29.2 Å². The molecular formula is C15H22N2OS. The third-order valence-corrected chi connectivity index (χ3v) is 4.20. The third-order valence-electron chi connectivity index (χ3n) is 3.48. The molecule has 1 N–H and O–H groups in total. The van der Waals surface area contributed by atoms with Crippen LogP contribution in [0.5, 0.6) is 0 Å². The Morgan fingerprint density at radius 2 is 2.00 bits per heavy atom. The summed E-state index contributed by atoms with van der Waals surface area (Å²) in [6, 6.07) is 8.00. The molecule has 1 fully saturated rings. The lowest BCUT2D eigenvalue weighted by Gasteiger charge is -2.34. The summed E-state index contributed by atoms with van der Waals surface area (Å²) < 4.78 is 0. The van der Waals surface area contributed by atoms with Crippen molar-refractivity contribution in [1.82, 2.24) is 4.90 Å². The van der Waals surface area contributed by atoms with Crippen molar-refractivity contribution in [3.63, 3.8) is 0 Å². The number of hydrogen-bond acceptors (Lipinski definition) is 2. The number of carbonyl (C=O) groups is 1. The lowest BCUT2D eigenvalue weighted by Crippen LogP contribution is -2.44. The van der Waals surface area contributed by atoms with E-state index in [1.165, 1.54) is 6.42 Å². The number of amides is 2. The van der Waals surface area contributed by atoms with E-state index >= 15 is 0 Å². The highest BCUT2D eigenvalue weighted by molar-refractivity contribution is 7.98. The Balaban J connectivity index is 2.00. The van der Waals surface area contributed by atoms with Crippen molar-refractivity contribution in [2.75, 3.05) is 24.7 Å². The molecule has 0 radical (unpaired) electrons. The molecule has 2 atom stereocenters. The van der Waals surface area contributed by atoms with E-state index in [9.17, 15) is 4.79 Å². The molecule has 0 aliphatic carbocycles. The van der Waals surface area contributed by atoms with Gasteiger partial charge in [0.05, 0.1) is 0 Å². The number of rotatable bonds is 2. The Bertz CT molecular complexity index is 440. The highest BCUT2D eigenvalue weighted by Gasteiger charge is 2.25. The number of benzene rings is 1. The smallest absolute Gasteiger partial charge is 0.321 e. The Morgan fingerprint density at radius 1 is 1.32 bits per heavy atom. The second-order valence-electron chi connectivity index (χ2n) is 5.51. The molecule has 3 nitrogen and oxygen atoms in total. The summed E-state index contributed by atoms with van der Waals surface area (Å²) in [6.45, 7) is 6.14. The number of piperidine rings is 1. The van der Waals surface area contributed by atoms with E-state index in [4.69, 9.17) is 0 Å². The van der Waals surface area contributed by atoms with Crippen molar-refractivity contribution in [2.24, 2.45) is 11.8 Å². The predicted octanol–water partition coefficient (Wildman–Crippen LogP) is 3.92. The predicted molar refractivity (Wildman–Crippen MR) is 81.8 cm³/mol. The number of thioether (sulfide) groups is 1. The SMILES string of the molecule is CSc1cccc(NC(=O)N2CC(C)CC(C)C2)c1. The van der Waals surface area contributed by atoms with Gasteiger partial charge in [-0.05, 0) is 42.7 Å². The van der Waals surface area contributed by atoms with Crippen molar-refractivity contribution in [2.45, 2.75) is 25.2 Å². The summed E-state index contributed by atoms with van der Waals surface area (Å²) in [5.41, 5.74) is 0.878. The molecule has 2 amide bonds. The maximum absolute atomic E-state index is 12.3. The molecule has 4 heteroatoms. The highest BCUT2D eigenvalue weighted by Crippen LogP contribution is 2.23. The van der Waals surface area contributed by atoms with Gasteiger partial charge >= 0.3 is 6.03 Å². The highest BCUT2D eigenvalue weighted by atomic mass is 32.2. The molecule has 0 saturated carbocycles. The molecule has 1 aromatic carbocycles. The molecule has 1 aliphatic rings. The lowest BCUT2D eigenvalue weighted by atomic mass is 9.92. The van der Waals surface area contributed by atoms with Gasteiger partial charge in [-0.15, -0.1) is 11.8 Å². The standard InChI is InChI=1S/C15H22N2OS/c1-11-7-12(2)10-17(9-11)15(18)16-13-5-4-6-14(8-13)19-3/h4-6,8,11-12H,7,9-10H2,1-3H3,(H,16,18). The zero-order valence-electron chi connectivity index (χ0n) is 11.8. The van der Waals surface area contributed by atoms with E-state index in [0.29, 0.717) is 11.8 Å². The number of nitrogens with one attached hydrogen (secondary N) is 1. The molecular weight excluding hydrogens is 256 g/mol. The van der Waals surface area contributed by atoms with E-state index in [2.05, 4.69) is 19.2 Å². The molecule has 1 aromatic rings. The Labute approximate surface area is 119 Å². The molecule has 2 rings (SSSR count). The van der Waals surface area contributed by atoms with Crippen LogP contribution in [0.1, 0.15) is 20.3 Å². The number of hydrogen-bond donors (Lipinski definition) is 1. The number of urea groups is 1. The largest absolute Gasteiger partial charge is 0.324 e. The van der Waals surface area contributed by atoms with Crippen LogP contribution in [-0.2, 0) is 0 Å². The summed E-state index contributed by atoms with van der Waals surface area (Å²) in [7, 11) is 0. The van der Waals surface area contributed by atoms with Gasteiger partial charge in [-0.2, -0.15) is 0 Å². The molecule has 0 spiro atoms. The van der Waals surface area contributed by atoms with Gasteiger partial charge in [0, 0.05) is 23.7 Å². The van der Waals surface area contributed by atoms with E-state index in [-0.39, 0.29) is 6.03 Å². The summed E-state index contributed by atoms with van der Waals surface area (Å²) in [5.74, 6) is 1.18. The minimum absolute atomic E-state index is 0.0247. The van der Waals surface area contributed by atoms with Crippen LogP contribution in [0.3, 0.4) is 0 Å². The first-order valence-corrected chi connectivity index (χ1v) is 8.01. The maximum Gasteiger partial charge on any atom is 0.321 e. The molecule has 0 aromatic heterocycles. The molecule has 1 aliphatic heterocycles. The molecule has 104 valence electrons. The summed E-state index contributed by atoms with van der Waals surface area (Å²) in [5, 5.41) is 3.00. The van der Waals surface area contributed by atoms with Crippen LogP contribution in [0.2, 0.25) is 0 Å². The molecule has 19 heavy (non-hydrogen) atoms. The summed E-state index contributed by atoms with van der Waals surface area (Å²) >= 11 is 1.68. The van der Waals surface area contributed by atoms with Gasteiger partial charge in [0.25, 0.3) is 0 Å². The minimum Gasteiger partial charge on any atom is -0.324 e. The Morgan fingerprint density at radius 3 is 2.63 bits per heavy atom. The molecule has 0 bridgehead atoms.